The van der Waals surface area contributed by atoms with Crippen LogP contribution in [0.1, 0.15) is 32.1 Å². The van der Waals surface area contributed by atoms with Gasteiger partial charge in [0.15, 0.2) is 0 Å². The van der Waals surface area contributed by atoms with E-state index in [2.05, 4.69) is 20.7 Å². The lowest BCUT2D eigenvalue weighted by Crippen LogP contribution is -2.31. The Bertz CT molecular complexity index is 142. The topological polar surface area (TPSA) is 52.3 Å². The molecule has 0 amide bonds. The fraction of sp³-hybridized carbons (Fsp3) is 0.889. The molecule has 0 saturated carbocycles. The SMILES string of the molecule is COC(=O)C(N)CCCCCCBr. The second kappa shape index (κ2) is 8.51. The van der Waals surface area contributed by atoms with Gasteiger partial charge in [0.1, 0.15) is 6.04 Å². The third-order valence-electron chi connectivity index (χ3n) is 1.90. The van der Waals surface area contributed by atoms with Crippen molar-refractivity contribution in [1.82, 2.24) is 0 Å². The van der Waals surface area contributed by atoms with Crippen LogP contribution in [0.4, 0.5) is 0 Å². The summed E-state index contributed by atoms with van der Waals surface area (Å²) in [7, 11) is 1.37. The third-order valence-corrected chi connectivity index (χ3v) is 2.46. The average Bonchev–Trinajstić information content (AvgIpc) is 2.16. The van der Waals surface area contributed by atoms with Gasteiger partial charge >= 0.3 is 5.97 Å². The number of ether oxygens (including phenoxy) is 1. The van der Waals surface area contributed by atoms with E-state index in [9.17, 15) is 4.79 Å². The summed E-state index contributed by atoms with van der Waals surface area (Å²) in [5.41, 5.74) is 5.56. The van der Waals surface area contributed by atoms with Crippen LogP contribution in [0.25, 0.3) is 0 Å². The number of halogens is 1. The van der Waals surface area contributed by atoms with E-state index in [4.69, 9.17) is 5.73 Å². The number of unbranched alkanes of at least 4 members (excludes halogenated alkanes) is 3. The summed E-state index contributed by atoms with van der Waals surface area (Å²) < 4.78 is 4.52. The van der Waals surface area contributed by atoms with Crippen molar-refractivity contribution >= 4 is 21.9 Å². The molecular weight excluding hydrogens is 234 g/mol. The fourth-order valence-corrected chi connectivity index (χ4v) is 1.48. The van der Waals surface area contributed by atoms with Gasteiger partial charge in [-0.3, -0.25) is 4.79 Å². The average molecular weight is 252 g/mol. The molecule has 0 aliphatic carbocycles. The van der Waals surface area contributed by atoms with Crippen LogP contribution in [0.3, 0.4) is 0 Å². The van der Waals surface area contributed by atoms with Crippen LogP contribution >= 0.6 is 15.9 Å². The van der Waals surface area contributed by atoms with Gasteiger partial charge in [-0.25, -0.2) is 0 Å². The van der Waals surface area contributed by atoms with Crippen LogP contribution in [0, 0.1) is 0 Å². The normalized spacial score (nSPS) is 12.5. The molecule has 0 spiro atoms. The van der Waals surface area contributed by atoms with Crippen LogP contribution in [-0.4, -0.2) is 24.5 Å². The van der Waals surface area contributed by atoms with Gasteiger partial charge in [-0.1, -0.05) is 35.2 Å². The van der Waals surface area contributed by atoms with Crippen molar-refractivity contribution in [1.29, 1.82) is 0 Å². The Morgan fingerprint density at radius 3 is 2.54 bits per heavy atom. The lowest BCUT2D eigenvalue weighted by atomic mass is 10.1. The molecule has 0 aromatic carbocycles. The zero-order valence-corrected chi connectivity index (χ0v) is 9.68. The van der Waals surface area contributed by atoms with E-state index in [1.807, 2.05) is 0 Å². The zero-order valence-electron chi connectivity index (χ0n) is 8.09. The standard InChI is InChI=1S/C9H18BrNO2/c1-13-9(12)8(11)6-4-2-3-5-7-10/h8H,2-7,11H2,1H3. The van der Waals surface area contributed by atoms with E-state index in [0.29, 0.717) is 0 Å². The van der Waals surface area contributed by atoms with Crippen LogP contribution in [-0.2, 0) is 9.53 Å². The summed E-state index contributed by atoms with van der Waals surface area (Å²) in [5, 5.41) is 1.05. The van der Waals surface area contributed by atoms with E-state index >= 15 is 0 Å². The second-order valence-electron chi connectivity index (χ2n) is 3.02. The van der Waals surface area contributed by atoms with Gasteiger partial charge in [-0.05, 0) is 12.8 Å². The Morgan fingerprint density at radius 1 is 1.38 bits per heavy atom. The molecule has 1 atom stereocenters. The van der Waals surface area contributed by atoms with Crippen molar-refractivity contribution in [3.8, 4) is 0 Å². The summed E-state index contributed by atoms with van der Waals surface area (Å²) in [6, 6.07) is -0.436. The summed E-state index contributed by atoms with van der Waals surface area (Å²) in [6.45, 7) is 0. The van der Waals surface area contributed by atoms with Crippen molar-refractivity contribution in [2.24, 2.45) is 5.73 Å². The predicted octanol–water partition coefficient (Wildman–Crippen LogP) is 1.83. The summed E-state index contributed by atoms with van der Waals surface area (Å²) in [5.74, 6) is -0.305. The van der Waals surface area contributed by atoms with Crippen LogP contribution < -0.4 is 5.73 Å². The van der Waals surface area contributed by atoms with Crippen molar-refractivity contribution in [3.63, 3.8) is 0 Å². The molecule has 78 valence electrons. The van der Waals surface area contributed by atoms with Crippen molar-refractivity contribution in [2.75, 3.05) is 12.4 Å². The lowest BCUT2D eigenvalue weighted by Gasteiger charge is -2.07. The molecule has 0 radical (unpaired) electrons. The zero-order chi connectivity index (χ0) is 10.1. The highest BCUT2D eigenvalue weighted by Gasteiger charge is 2.11. The molecule has 0 fully saturated rings. The van der Waals surface area contributed by atoms with Gasteiger partial charge in [0.2, 0.25) is 0 Å². The smallest absolute Gasteiger partial charge is 0.322 e. The highest BCUT2D eigenvalue weighted by atomic mass is 79.9. The monoisotopic (exact) mass is 251 g/mol. The first kappa shape index (κ1) is 12.9. The first-order chi connectivity index (χ1) is 6.22. The minimum Gasteiger partial charge on any atom is -0.468 e. The predicted molar refractivity (Wildman–Crippen MR) is 56.9 cm³/mol. The van der Waals surface area contributed by atoms with Gasteiger partial charge in [-0.2, -0.15) is 0 Å². The molecule has 1 unspecified atom stereocenters. The van der Waals surface area contributed by atoms with E-state index < -0.39 is 6.04 Å². The number of methoxy groups -OCH3 is 1. The van der Waals surface area contributed by atoms with Gasteiger partial charge in [0.25, 0.3) is 0 Å². The molecule has 0 heterocycles. The third kappa shape index (κ3) is 7.02. The van der Waals surface area contributed by atoms with Gasteiger partial charge in [-0.15, -0.1) is 0 Å². The van der Waals surface area contributed by atoms with Crippen molar-refractivity contribution in [3.05, 3.63) is 0 Å². The largest absolute Gasteiger partial charge is 0.468 e. The Hall–Kier alpha value is -0.0900. The van der Waals surface area contributed by atoms with Crippen LogP contribution in [0.2, 0.25) is 0 Å². The van der Waals surface area contributed by atoms with E-state index in [1.54, 1.807) is 0 Å². The summed E-state index contributed by atoms with van der Waals surface area (Å²) >= 11 is 3.37. The quantitative estimate of drug-likeness (QED) is 0.427. The second-order valence-corrected chi connectivity index (χ2v) is 3.81. The Morgan fingerprint density at radius 2 is 2.00 bits per heavy atom. The highest BCUT2D eigenvalue weighted by molar-refractivity contribution is 9.09. The number of esters is 1. The van der Waals surface area contributed by atoms with Crippen LogP contribution in [0.5, 0.6) is 0 Å². The van der Waals surface area contributed by atoms with E-state index in [-0.39, 0.29) is 5.97 Å². The molecule has 4 heteroatoms. The molecule has 0 aliphatic rings. The molecule has 2 N–H and O–H groups in total. The molecule has 0 rings (SSSR count). The Kier molecular flexibility index (Phi) is 8.45. The van der Waals surface area contributed by atoms with Gasteiger partial charge in [0.05, 0.1) is 7.11 Å². The summed E-state index contributed by atoms with van der Waals surface area (Å²) in [6.07, 6.45) is 5.25. The minimum atomic E-state index is -0.436. The fourth-order valence-electron chi connectivity index (χ4n) is 1.08. The molecule has 0 bridgehead atoms. The number of hydrogen-bond donors (Lipinski definition) is 1. The Balaban J connectivity index is 3.26. The first-order valence-corrected chi connectivity index (χ1v) is 5.74. The van der Waals surface area contributed by atoms with Crippen LogP contribution in [0.15, 0.2) is 0 Å². The van der Waals surface area contributed by atoms with Gasteiger partial charge in [0, 0.05) is 5.33 Å². The molecule has 0 aromatic rings. The maximum atomic E-state index is 10.9. The molecule has 0 saturated heterocycles. The van der Waals surface area contributed by atoms with Gasteiger partial charge < -0.3 is 10.5 Å². The number of carbonyl (C=O) groups excluding carboxylic acids is 1. The maximum absolute atomic E-state index is 10.9. The van der Waals surface area contributed by atoms with E-state index in [1.165, 1.54) is 20.0 Å². The lowest BCUT2D eigenvalue weighted by molar-refractivity contribution is -0.142. The number of rotatable bonds is 7. The molecule has 0 aromatic heterocycles. The number of alkyl halides is 1. The molecule has 0 aliphatic heterocycles. The molecule has 13 heavy (non-hydrogen) atoms. The molecule has 3 nitrogen and oxygen atoms in total. The highest BCUT2D eigenvalue weighted by Crippen LogP contribution is 2.06. The maximum Gasteiger partial charge on any atom is 0.322 e. The summed E-state index contributed by atoms with van der Waals surface area (Å²) in [4.78, 5) is 10.9. The number of carbonyl (C=O) groups is 1. The minimum absolute atomic E-state index is 0.305. The number of hydrogen-bond acceptors (Lipinski definition) is 3. The molecular formula is C9H18BrNO2. The first-order valence-electron chi connectivity index (χ1n) is 4.61. The number of nitrogens with two attached hydrogens (primary N) is 1. The van der Waals surface area contributed by atoms with Crippen molar-refractivity contribution < 1.29 is 9.53 Å². The Labute approximate surface area is 88.1 Å². The van der Waals surface area contributed by atoms with E-state index in [0.717, 1.165) is 24.6 Å². The van der Waals surface area contributed by atoms with Crippen molar-refractivity contribution in [2.45, 2.75) is 38.1 Å².